The first-order valence-corrected chi connectivity index (χ1v) is 14.5. The number of carbonyl (C=O) groups is 5. The lowest BCUT2D eigenvalue weighted by Gasteiger charge is -2.16. The van der Waals surface area contributed by atoms with Gasteiger partial charge in [0.1, 0.15) is 11.6 Å². The van der Waals surface area contributed by atoms with Gasteiger partial charge >= 0.3 is 0 Å². The zero-order valence-electron chi connectivity index (χ0n) is 24.3. The normalized spacial score (nSPS) is 13.4. The number of imide groups is 1. The molecule has 1 aliphatic heterocycles. The van der Waals surface area contributed by atoms with E-state index in [-0.39, 0.29) is 48.3 Å². The second kappa shape index (κ2) is 20.5. The van der Waals surface area contributed by atoms with Crippen molar-refractivity contribution < 1.29 is 28.7 Å². The Morgan fingerprint density at radius 1 is 0.718 bits per heavy atom. The molecule has 0 aromatic rings. The molecule has 0 unspecified atom stereocenters. The van der Waals surface area contributed by atoms with Gasteiger partial charge in [-0.05, 0) is 64.7 Å². The molecule has 0 aliphatic carbocycles. The maximum absolute atomic E-state index is 11.9. The fourth-order valence-corrected chi connectivity index (χ4v) is 3.84. The van der Waals surface area contributed by atoms with Gasteiger partial charge in [0.05, 0.1) is 6.61 Å². The molecule has 3 N–H and O–H groups in total. The number of ether oxygens (including phenoxy) is 1. The van der Waals surface area contributed by atoms with E-state index in [1.165, 1.54) is 12.2 Å². The third-order valence-electron chi connectivity index (χ3n) is 6.39. The van der Waals surface area contributed by atoms with E-state index >= 15 is 0 Å². The Balaban J connectivity index is 1.80. The van der Waals surface area contributed by atoms with Crippen molar-refractivity contribution in [3.05, 3.63) is 12.2 Å². The summed E-state index contributed by atoms with van der Waals surface area (Å²) in [5.74, 6) is -0.483. The van der Waals surface area contributed by atoms with E-state index in [1.807, 2.05) is 20.8 Å². The highest BCUT2D eigenvalue weighted by molar-refractivity contribution is 6.13. The molecule has 0 bridgehead atoms. The molecular weight excluding hydrogens is 500 g/mol. The lowest BCUT2D eigenvalue weighted by Crippen LogP contribution is -2.32. The van der Waals surface area contributed by atoms with Gasteiger partial charge < -0.3 is 20.7 Å². The summed E-state index contributed by atoms with van der Waals surface area (Å²) in [7, 11) is 0. The fraction of sp³-hybridized carbons (Fsp3) is 0.759. The third kappa shape index (κ3) is 17.7. The van der Waals surface area contributed by atoms with Crippen LogP contribution in [0, 0.1) is 5.41 Å². The number of ketones is 2. The largest absolute Gasteiger partial charge is 0.381 e. The quantitative estimate of drug-likeness (QED) is 0.123. The van der Waals surface area contributed by atoms with Crippen molar-refractivity contribution in [3.63, 3.8) is 0 Å². The summed E-state index contributed by atoms with van der Waals surface area (Å²) in [6, 6.07) is 0. The van der Waals surface area contributed by atoms with Crippen LogP contribution in [0.15, 0.2) is 12.2 Å². The summed E-state index contributed by atoms with van der Waals surface area (Å²) in [4.78, 5) is 59.6. The lowest BCUT2D eigenvalue weighted by molar-refractivity contribution is -0.137. The number of nitrogens with one attached hydrogen (secondary N) is 3. The Labute approximate surface area is 234 Å². The van der Waals surface area contributed by atoms with E-state index in [2.05, 4.69) is 16.0 Å². The van der Waals surface area contributed by atoms with Gasteiger partial charge in [0.15, 0.2) is 0 Å². The topological polar surface area (TPSA) is 134 Å². The molecule has 1 aliphatic rings. The summed E-state index contributed by atoms with van der Waals surface area (Å²) < 4.78 is 5.43. The van der Waals surface area contributed by atoms with Crippen molar-refractivity contribution in [2.24, 2.45) is 5.41 Å². The van der Waals surface area contributed by atoms with Crippen molar-refractivity contribution in [1.82, 2.24) is 20.9 Å². The first-order chi connectivity index (χ1) is 18.6. The van der Waals surface area contributed by atoms with Gasteiger partial charge in [-0.2, -0.15) is 0 Å². The smallest absolute Gasteiger partial charge is 0.253 e. The van der Waals surface area contributed by atoms with Crippen LogP contribution < -0.4 is 16.0 Å². The van der Waals surface area contributed by atoms with Crippen molar-refractivity contribution in [1.29, 1.82) is 0 Å². The van der Waals surface area contributed by atoms with Crippen molar-refractivity contribution in [2.75, 3.05) is 52.5 Å². The van der Waals surface area contributed by atoms with Crippen LogP contribution in [-0.2, 0) is 28.7 Å². The first kappa shape index (κ1) is 34.6. The summed E-state index contributed by atoms with van der Waals surface area (Å²) in [5.41, 5.74) is -0.226. The van der Waals surface area contributed by atoms with Gasteiger partial charge in [0, 0.05) is 62.9 Å². The Hall–Kier alpha value is -2.43. The fourth-order valence-electron chi connectivity index (χ4n) is 3.84. The van der Waals surface area contributed by atoms with E-state index in [1.54, 1.807) is 0 Å². The number of hydrogen-bond donors (Lipinski definition) is 3. The van der Waals surface area contributed by atoms with Crippen LogP contribution in [0.1, 0.15) is 85.0 Å². The molecule has 1 rings (SSSR count). The average Bonchev–Trinajstić information content (AvgIpc) is 3.20. The Morgan fingerprint density at radius 3 is 1.92 bits per heavy atom. The summed E-state index contributed by atoms with van der Waals surface area (Å²) in [6.45, 7) is 11.1. The van der Waals surface area contributed by atoms with Crippen LogP contribution in [-0.4, -0.2) is 86.7 Å². The van der Waals surface area contributed by atoms with Gasteiger partial charge in [-0.25, -0.2) is 0 Å². The minimum atomic E-state index is -0.375. The van der Waals surface area contributed by atoms with Crippen molar-refractivity contribution in [3.8, 4) is 0 Å². The molecule has 0 aromatic heterocycles. The molecule has 1 heterocycles. The minimum absolute atomic E-state index is 0.0220. The Kier molecular flexibility index (Phi) is 18.2. The monoisotopic (exact) mass is 550 g/mol. The number of amides is 3. The van der Waals surface area contributed by atoms with E-state index in [9.17, 15) is 24.0 Å². The molecule has 0 saturated carbocycles. The van der Waals surface area contributed by atoms with Gasteiger partial charge in [0.25, 0.3) is 11.8 Å². The molecule has 0 atom stereocenters. The molecule has 10 nitrogen and oxygen atoms in total. The molecule has 0 radical (unpaired) electrons. The number of carbonyl (C=O) groups excluding carboxylic acids is 5. The summed E-state index contributed by atoms with van der Waals surface area (Å²) >= 11 is 0. The summed E-state index contributed by atoms with van der Waals surface area (Å²) in [5, 5.41) is 9.71. The van der Waals surface area contributed by atoms with Crippen LogP contribution >= 0.6 is 0 Å². The predicted molar refractivity (Wildman–Crippen MR) is 151 cm³/mol. The number of hydrogen-bond acceptors (Lipinski definition) is 8. The molecule has 39 heavy (non-hydrogen) atoms. The number of rotatable bonds is 24. The Morgan fingerprint density at radius 2 is 1.31 bits per heavy atom. The van der Waals surface area contributed by atoms with Crippen LogP contribution in [0.5, 0.6) is 0 Å². The maximum Gasteiger partial charge on any atom is 0.253 e. The maximum atomic E-state index is 11.9. The highest BCUT2D eigenvalue weighted by Gasteiger charge is 2.23. The number of nitrogens with zero attached hydrogens (tertiary/aromatic N) is 1. The van der Waals surface area contributed by atoms with Crippen LogP contribution in [0.25, 0.3) is 0 Å². The molecule has 0 aromatic carbocycles. The van der Waals surface area contributed by atoms with Gasteiger partial charge in [-0.1, -0.05) is 20.8 Å². The highest BCUT2D eigenvalue weighted by Crippen LogP contribution is 2.18. The first-order valence-electron chi connectivity index (χ1n) is 14.5. The minimum Gasteiger partial charge on any atom is -0.381 e. The zero-order chi connectivity index (χ0) is 28.9. The van der Waals surface area contributed by atoms with Crippen molar-refractivity contribution >= 4 is 29.3 Å². The van der Waals surface area contributed by atoms with Crippen molar-refractivity contribution in [2.45, 2.75) is 85.0 Å². The van der Waals surface area contributed by atoms with Gasteiger partial charge in [-0.3, -0.25) is 28.9 Å². The van der Waals surface area contributed by atoms with Gasteiger partial charge in [0.2, 0.25) is 5.91 Å². The van der Waals surface area contributed by atoms with Crippen LogP contribution in [0.3, 0.4) is 0 Å². The molecule has 10 heteroatoms. The van der Waals surface area contributed by atoms with Crippen LogP contribution in [0.4, 0.5) is 0 Å². The molecule has 222 valence electrons. The van der Waals surface area contributed by atoms with E-state index < -0.39 is 0 Å². The molecule has 3 amide bonds. The lowest BCUT2D eigenvalue weighted by atomic mass is 9.88. The second-order valence-corrected chi connectivity index (χ2v) is 11.0. The number of unbranched alkanes of at least 4 members (excludes halogenated alkanes) is 2. The van der Waals surface area contributed by atoms with Gasteiger partial charge in [-0.15, -0.1) is 0 Å². The average molecular weight is 551 g/mol. The molecular formula is C29H50N4O6. The second-order valence-electron chi connectivity index (χ2n) is 11.0. The van der Waals surface area contributed by atoms with E-state index in [0.29, 0.717) is 44.8 Å². The summed E-state index contributed by atoms with van der Waals surface area (Å²) in [6.07, 6.45) is 9.44. The van der Waals surface area contributed by atoms with E-state index in [4.69, 9.17) is 4.74 Å². The Bertz CT molecular complexity index is 788. The zero-order valence-corrected chi connectivity index (χ0v) is 24.3. The number of Topliss-reactive ketones (excluding diaryl/α,β-unsaturated/α-hetero) is 2. The standard InChI is InChI=1S/C29H50N4O6/c1-29(2,3)25(35)11-4-5-16-30-17-6-7-18-31-19-9-20-32-26(36)15-23-39-22-8-10-24(34)14-21-33-27(37)12-13-28(33)38/h12-13,30-31H,4-11,14-23H2,1-3H3,(H,32,36). The molecule has 0 spiro atoms. The van der Waals surface area contributed by atoms with Crippen LogP contribution in [0.2, 0.25) is 0 Å². The predicted octanol–water partition coefficient (Wildman–Crippen LogP) is 2.31. The third-order valence-corrected chi connectivity index (χ3v) is 6.39. The molecule has 0 saturated heterocycles. The molecule has 0 fully saturated rings. The highest BCUT2D eigenvalue weighted by atomic mass is 16.5. The SMILES string of the molecule is CC(C)(C)C(=O)CCCCNCCCCNCCCNC(=O)CCOCCCC(=O)CCN1C(=O)C=CC1=O. The van der Waals surface area contributed by atoms with E-state index in [0.717, 1.165) is 63.2 Å².